The number of imidazole rings is 1. The summed E-state index contributed by atoms with van der Waals surface area (Å²) >= 11 is 1.55. The van der Waals surface area contributed by atoms with E-state index in [0.29, 0.717) is 34.1 Å². The Morgan fingerprint density at radius 1 is 1.12 bits per heavy atom. The molecule has 2 aromatic heterocycles. The van der Waals surface area contributed by atoms with Crippen LogP contribution >= 0.6 is 11.8 Å². The number of alkyl halides is 3. The number of fused-ring (bicyclic) bond motifs is 1. The SMILES string of the molecule is CC(Oc1ccc(SCc2ccnc3[nH]c(-c4ccc(C(F)(F)F)cc4)nc23)cc1)C(=O)O. The van der Waals surface area contributed by atoms with Crippen LogP contribution in [0.5, 0.6) is 5.75 Å². The molecule has 33 heavy (non-hydrogen) atoms. The normalized spacial score (nSPS) is 12.6. The highest BCUT2D eigenvalue weighted by molar-refractivity contribution is 7.98. The minimum absolute atomic E-state index is 0.442. The number of aromatic nitrogens is 3. The van der Waals surface area contributed by atoms with Gasteiger partial charge in [-0.1, -0.05) is 12.1 Å². The fourth-order valence-electron chi connectivity index (χ4n) is 3.06. The van der Waals surface area contributed by atoms with E-state index >= 15 is 0 Å². The first-order valence-corrected chi connectivity index (χ1v) is 10.8. The van der Waals surface area contributed by atoms with Crippen molar-refractivity contribution in [1.82, 2.24) is 15.0 Å². The Bertz CT molecular complexity index is 1270. The molecule has 1 atom stereocenters. The van der Waals surface area contributed by atoms with Gasteiger partial charge in [0.1, 0.15) is 17.1 Å². The van der Waals surface area contributed by atoms with Crippen molar-refractivity contribution in [2.24, 2.45) is 0 Å². The van der Waals surface area contributed by atoms with E-state index in [4.69, 9.17) is 9.84 Å². The number of ether oxygens (including phenoxy) is 1. The number of nitrogens with one attached hydrogen (secondary N) is 1. The zero-order valence-electron chi connectivity index (χ0n) is 17.3. The van der Waals surface area contributed by atoms with E-state index in [0.717, 1.165) is 22.6 Å². The molecule has 0 saturated carbocycles. The Balaban J connectivity index is 1.49. The molecule has 0 aliphatic carbocycles. The summed E-state index contributed by atoms with van der Waals surface area (Å²) in [5, 5.41) is 8.93. The summed E-state index contributed by atoms with van der Waals surface area (Å²) in [6.07, 6.45) is -3.68. The van der Waals surface area contributed by atoms with Gasteiger partial charge in [0.25, 0.3) is 0 Å². The lowest BCUT2D eigenvalue weighted by atomic mass is 10.1. The molecule has 2 aromatic carbocycles. The van der Waals surface area contributed by atoms with Crippen molar-refractivity contribution in [3.63, 3.8) is 0 Å². The molecule has 0 fully saturated rings. The maximum Gasteiger partial charge on any atom is 0.416 e. The van der Waals surface area contributed by atoms with Crippen LogP contribution in [0.1, 0.15) is 18.1 Å². The van der Waals surface area contributed by atoms with E-state index in [2.05, 4.69) is 15.0 Å². The maximum atomic E-state index is 12.8. The van der Waals surface area contributed by atoms with E-state index in [-0.39, 0.29) is 0 Å². The number of H-pyrrole nitrogens is 1. The number of rotatable bonds is 7. The summed E-state index contributed by atoms with van der Waals surface area (Å²) in [6, 6.07) is 13.7. The topological polar surface area (TPSA) is 88.1 Å². The maximum absolute atomic E-state index is 12.8. The number of carboxylic acid groups (broad SMARTS) is 1. The van der Waals surface area contributed by atoms with Gasteiger partial charge < -0.3 is 14.8 Å². The van der Waals surface area contributed by atoms with Gasteiger partial charge in [-0.15, -0.1) is 11.8 Å². The zero-order valence-corrected chi connectivity index (χ0v) is 18.1. The molecule has 0 spiro atoms. The Labute approximate surface area is 190 Å². The number of hydrogen-bond acceptors (Lipinski definition) is 5. The number of nitrogens with zero attached hydrogens (tertiary/aromatic N) is 2. The molecule has 10 heteroatoms. The van der Waals surface area contributed by atoms with Crippen LogP contribution in [0.15, 0.2) is 65.7 Å². The largest absolute Gasteiger partial charge is 0.479 e. The molecule has 0 radical (unpaired) electrons. The lowest BCUT2D eigenvalue weighted by molar-refractivity contribution is -0.144. The Morgan fingerprint density at radius 2 is 1.82 bits per heavy atom. The summed E-state index contributed by atoms with van der Waals surface area (Å²) in [7, 11) is 0. The predicted octanol–water partition coefficient (Wildman–Crippen LogP) is 5.79. The summed E-state index contributed by atoms with van der Waals surface area (Å²) in [6.45, 7) is 1.46. The van der Waals surface area contributed by atoms with Crippen LogP contribution in [0.4, 0.5) is 13.2 Å². The molecule has 0 bridgehead atoms. The highest BCUT2D eigenvalue weighted by Gasteiger charge is 2.30. The van der Waals surface area contributed by atoms with E-state index in [1.807, 2.05) is 18.2 Å². The van der Waals surface area contributed by atoms with Crippen LogP contribution in [-0.4, -0.2) is 32.1 Å². The monoisotopic (exact) mass is 473 g/mol. The van der Waals surface area contributed by atoms with E-state index in [1.54, 1.807) is 30.1 Å². The van der Waals surface area contributed by atoms with Gasteiger partial charge in [0.2, 0.25) is 0 Å². The van der Waals surface area contributed by atoms with Crippen molar-refractivity contribution in [3.05, 3.63) is 71.9 Å². The average molecular weight is 473 g/mol. The highest BCUT2D eigenvalue weighted by Crippen LogP contribution is 2.32. The minimum atomic E-state index is -4.39. The van der Waals surface area contributed by atoms with Gasteiger partial charge in [-0.25, -0.2) is 14.8 Å². The van der Waals surface area contributed by atoms with Crippen molar-refractivity contribution in [1.29, 1.82) is 0 Å². The summed E-state index contributed by atoms with van der Waals surface area (Å²) in [5.74, 6) is 0.457. The lowest BCUT2D eigenvalue weighted by Gasteiger charge is -2.10. The molecule has 6 nitrogen and oxygen atoms in total. The van der Waals surface area contributed by atoms with E-state index < -0.39 is 23.8 Å². The second-order valence-corrected chi connectivity index (χ2v) is 8.23. The molecular weight excluding hydrogens is 455 g/mol. The van der Waals surface area contributed by atoms with Crippen molar-refractivity contribution >= 4 is 28.9 Å². The fraction of sp³-hybridized carbons (Fsp3) is 0.174. The van der Waals surface area contributed by atoms with Gasteiger partial charge in [0.05, 0.1) is 5.56 Å². The Morgan fingerprint density at radius 3 is 2.45 bits per heavy atom. The number of thioether (sulfide) groups is 1. The second kappa shape index (κ2) is 9.14. The third kappa shape index (κ3) is 5.28. The Hall–Kier alpha value is -3.53. The number of benzene rings is 2. The lowest BCUT2D eigenvalue weighted by Crippen LogP contribution is -2.22. The van der Waals surface area contributed by atoms with Gasteiger partial charge in [-0.3, -0.25) is 0 Å². The summed E-state index contributed by atoms with van der Waals surface area (Å²) < 4.78 is 43.8. The third-order valence-electron chi connectivity index (χ3n) is 4.83. The quantitative estimate of drug-likeness (QED) is 0.331. The molecule has 0 aliphatic heterocycles. The highest BCUT2D eigenvalue weighted by atomic mass is 32.2. The number of aromatic amines is 1. The van der Waals surface area contributed by atoms with E-state index in [1.165, 1.54) is 19.1 Å². The van der Waals surface area contributed by atoms with Crippen LogP contribution in [0.2, 0.25) is 0 Å². The third-order valence-corrected chi connectivity index (χ3v) is 5.89. The molecule has 0 saturated heterocycles. The van der Waals surface area contributed by atoms with Gasteiger partial charge in [0.15, 0.2) is 11.8 Å². The first-order valence-electron chi connectivity index (χ1n) is 9.84. The molecule has 170 valence electrons. The van der Waals surface area contributed by atoms with Crippen LogP contribution < -0.4 is 4.74 Å². The van der Waals surface area contributed by atoms with Crippen LogP contribution in [-0.2, 0) is 16.7 Å². The Kier molecular flexibility index (Phi) is 6.28. The van der Waals surface area contributed by atoms with Gasteiger partial charge in [-0.2, -0.15) is 13.2 Å². The predicted molar refractivity (Wildman–Crippen MR) is 118 cm³/mol. The smallest absolute Gasteiger partial charge is 0.416 e. The summed E-state index contributed by atoms with van der Waals surface area (Å²) in [4.78, 5) is 23.8. The molecule has 0 amide bonds. The summed E-state index contributed by atoms with van der Waals surface area (Å²) in [5.41, 5.74) is 1.93. The molecule has 0 aliphatic rings. The number of hydrogen-bond donors (Lipinski definition) is 2. The first-order chi connectivity index (χ1) is 15.7. The van der Waals surface area contributed by atoms with Crippen molar-refractivity contribution in [3.8, 4) is 17.1 Å². The zero-order chi connectivity index (χ0) is 23.6. The van der Waals surface area contributed by atoms with Gasteiger partial charge in [0, 0.05) is 22.4 Å². The van der Waals surface area contributed by atoms with E-state index in [9.17, 15) is 18.0 Å². The number of carbonyl (C=O) groups is 1. The molecule has 4 rings (SSSR count). The molecule has 1 unspecified atom stereocenters. The number of carboxylic acids is 1. The number of halogens is 3. The molecule has 4 aromatic rings. The van der Waals surface area contributed by atoms with Gasteiger partial charge in [-0.05, 0) is 55.0 Å². The first kappa shape index (κ1) is 22.7. The van der Waals surface area contributed by atoms with Crippen LogP contribution in [0, 0.1) is 0 Å². The molecular formula is C23H18F3N3O3S. The van der Waals surface area contributed by atoms with Gasteiger partial charge >= 0.3 is 12.1 Å². The van der Waals surface area contributed by atoms with Crippen LogP contribution in [0.3, 0.4) is 0 Å². The van der Waals surface area contributed by atoms with Crippen molar-refractivity contribution in [2.45, 2.75) is 29.9 Å². The second-order valence-electron chi connectivity index (χ2n) is 7.19. The molecule has 2 heterocycles. The van der Waals surface area contributed by atoms with Crippen molar-refractivity contribution < 1.29 is 27.8 Å². The van der Waals surface area contributed by atoms with Crippen LogP contribution in [0.25, 0.3) is 22.6 Å². The average Bonchev–Trinajstić information content (AvgIpc) is 3.23. The molecule has 2 N–H and O–H groups in total. The fourth-order valence-corrected chi connectivity index (χ4v) is 3.95. The minimum Gasteiger partial charge on any atom is -0.479 e. The standard InChI is InChI=1S/C23H18F3N3O3S/c1-13(22(30)31)32-17-6-8-18(9-7-17)33-12-15-10-11-27-21-19(15)28-20(29-21)14-2-4-16(5-3-14)23(24,25)26/h2-11,13H,12H2,1H3,(H,30,31)(H,27,28,29). The van der Waals surface area contributed by atoms with Crippen molar-refractivity contribution in [2.75, 3.05) is 0 Å². The number of pyridine rings is 1. The number of aliphatic carboxylic acids is 1.